The van der Waals surface area contributed by atoms with Crippen molar-refractivity contribution in [1.29, 1.82) is 0 Å². The van der Waals surface area contributed by atoms with Gasteiger partial charge < -0.3 is 11.1 Å². The van der Waals surface area contributed by atoms with Crippen molar-refractivity contribution in [2.75, 3.05) is 13.6 Å². The summed E-state index contributed by atoms with van der Waals surface area (Å²) in [5.41, 5.74) is 6.69. The molecule has 0 aromatic heterocycles. The zero-order valence-corrected chi connectivity index (χ0v) is 10.1. The van der Waals surface area contributed by atoms with Gasteiger partial charge in [-0.2, -0.15) is 0 Å². The topological polar surface area (TPSA) is 58.4 Å². The second-order valence-corrected chi connectivity index (χ2v) is 4.23. The summed E-state index contributed by atoms with van der Waals surface area (Å²) >= 11 is 0. The molecule has 4 heteroatoms. The van der Waals surface area contributed by atoms with Crippen LogP contribution in [0.25, 0.3) is 0 Å². The summed E-state index contributed by atoms with van der Waals surface area (Å²) in [4.78, 5) is 13.8. The number of rotatable bonds is 4. The Labute approximate surface area is 97.2 Å². The van der Waals surface area contributed by atoms with E-state index in [1.165, 1.54) is 0 Å². The molecule has 16 heavy (non-hydrogen) atoms. The summed E-state index contributed by atoms with van der Waals surface area (Å²) < 4.78 is 0. The molecule has 1 rings (SSSR count). The Morgan fingerprint density at radius 3 is 2.94 bits per heavy atom. The van der Waals surface area contributed by atoms with E-state index in [0.717, 1.165) is 6.54 Å². The molecule has 3 N–H and O–H groups in total. The highest BCUT2D eigenvalue weighted by atomic mass is 16.1. The van der Waals surface area contributed by atoms with E-state index in [4.69, 9.17) is 5.73 Å². The minimum atomic E-state index is 0.00157. The molecule has 0 unspecified atom stereocenters. The Kier molecular flexibility index (Phi) is 4.55. The van der Waals surface area contributed by atoms with Gasteiger partial charge in [0.05, 0.1) is 6.04 Å². The quantitative estimate of drug-likeness (QED) is 0.686. The SMILES string of the molecule is C=CCN1[C@@H](C)CC(=O)C[C@H]1/C(N)=C/NC. The zero-order chi connectivity index (χ0) is 12.1. The number of hydrogen-bond acceptors (Lipinski definition) is 4. The number of nitrogens with zero attached hydrogens (tertiary/aromatic N) is 1. The van der Waals surface area contributed by atoms with Gasteiger partial charge in [0.1, 0.15) is 5.78 Å². The van der Waals surface area contributed by atoms with Crippen molar-refractivity contribution in [3.05, 3.63) is 24.6 Å². The first-order valence-electron chi connectivity index (χ1n) is 5.61. The fourth-order valence-electron chi connectivity index (χ4n) is 2.20. The molecule has 0 radical (unpaired) electrons. The Morgan fingerprint density at radius 1 is 1.69 bits per heavy atom. The predicted octanol–water partition coefficient (Wildman–Crippen LogP) is 0.614. The van der Waals surface area contributed by atoms with Gasteiger partial charge in [-0.15, -0.1) is 6.58 Å². The fourth-order valence-corrected chi connectivity index (χ4v) is 2.20. The van der Waals surface area contributed by atoms with E-state index < -0.39 is 0 Å². The number of piperidine rings is 1. The van der Waals surface area contributed by atoms with Crippen LogP contribution in [0.4, 0.5) is 0 Å². The Bertz CT molecular complexity index is 299. The number of nitrogens with one attached hydrogen (secondary N) is 1. The van der Waals surface area contributed by atoms with Crippen molar-refractivity contribution in [2.24, 2.45) is 5.73 Å². The smallest absolute Gasteiger partial charge is 0.136 e. The minimum Gasteiger partial charge on any atom is -0.400 e. The monoisotopic (exact) mass is 223 g/mol. The molecule has 0 amide bonds. The lowest BCUT2D eigenvalue weighted by atomic mass is 9.93. The van der Waals surface area contributed by atoms with Crippen molar-refractivity contribution in [3.8, 4) is 0 Å². The number of ketones is 1. The number of Topliss-reactive ketones (excluding diaryl/α,β-unsaturated/α-hetero) is 1. The van der Waals surface area contributed by atoms with Crippen LogP contribution < -0.4 is 11.1 Å². The van der Waals surface area contributed by atoms with Crippen LogP contribution in [0.2, 0.25) is 0 Å². The molecule has 4 nitrogen and oxygen atoms in total. The number of carbonyl (C=O) groups excluding carboxylic acids is 1. The molecular formula is C12H21N3O. The Morgan fingerprint density at radius 2 is 2.38 bits per heavy atom. The average Bonchev–Trinajstić information content (AvgIpc) is 2.22. The summed E-state index contributed by atoms with van der Waals surface area (Å²) in [6.07, 6.45) is 4.72. The summed E-state index contributed by atoms with van der Waals surface area (Å²) in [6, 6.07) is 0.231. The standard InChI is InChI=1S/C12H21N3O/c1-4-5-15-9(2)6-10(16)7-12(15)11(13)8-14-3/h4,8-9,12,14H,1,5-7,13H2,2-3H3/b11-8-/t9-,12-/m0/s1. The van der Waals surface area contributed by atoms with Gasteiger partial charge in [-0.25, -0.2) is 0 Å². The van der Waals surface area contributed by atoms with Crippen LogP contribution in [0.15, 0.2) is 24.6 Å². The fraction of sp³-hybridized carbons (Fsp3) is 0.583. The van der Waals surface area contributed by atoms with Crippen LogP contribution in [0.5, 0.6) is 0 Å². The molecule has 0 aromatic carbocycles. The second-order valence-electron chi connectivity index (χ2n) is 4.23. The molecule has 90 valence electrons. The summed E-state index contributed by atoms with van der Waals surface area (Å²) in [6.45, 7) is 6.56. The third kappa shape index (κ3) is 2.85. The molecule has 1 aliphatic rings. The molecule has 0 aliphatic carbocycles. The molecule has 1 heterocycles. The largest absolute Gasteiger partial charge is 0.400 e. The maximum absolute atomic E-state index is 11.6. The third-order valence-corrected chi connectivity index (χ3v) is 2.95. The first-order chi connectivity index (χ1) is 7.60. The van der Waals surface area contributed by atoms with Crippen molar-refractivity contribution in [2.45, 2.75) is 31.8 Å². The molecular weight excluding hydrogens is 202 g/mol. The van der Waals surface area contributed by atoms with Gasteiger partial charge >= 0.3 is 0 Å². The first-order valence-corrected chi connectivity index (χ1v) is 5.61. The van der Waals surface area contributed by atoms with Gasteiger partial charge in [0, 0.05) is 44.4 Å². The molecule has 2 atom stereocenters. The van der Waals surface area contributed by atoms with Crippen LogP contribution >= 0.6 is 0 Å². The number of hydrogen-bond donors (Lipinski definition) is 2. The Hall–Kier alpha value is -1.29. The average molecular weight is 223 g/mol. The van der Waals surface area contributed by atoms with Gasteiger partial charge in [-0.05, 0) is 6.92 Å². The maximum atomic E-state index is 11.6. The number of carbonyl (C=O) groups is 1. The molecule has 0 spiro atoms. The van der Waals surface area contributed by atoms with Crippen LogP contribution in [0.1, 0.15) is 19.8 Å². The second kappa shape index (κ2) is 5.70. The molecule has 0 bridgehead atoms. The molecule has 1 aliphatic heterocycles. The van der Waals surface area contributed by atoms with E-state index in [0.29, 0.717) is 18.5 Å². The van der Waals surface area contributed by atoms with Crippen LogP contribution in [0, 0.1) is 0 Å². The van der Waals surface area contributed by atoms with Crippen molar-refractivity contribution >= 4 is 5.78 Å². The highest BCUT2D eigenvalue weighted by Crippen LogP contribution is 2.23. The molecule has 1 saturated heterocycles. The maximum Gasteiger partial charge on any atom is 0.136 e. The van der Waals surface area contributed by atoms with Crippen LogP contribution in [0.3, 0.4) is 0 Å². The Balaban J connectivity index is 2.86. The van der Waals surface area contributed by atoms with Crippen LogP contribution in [-0.2, 0) is 4.79 Å². The lowest BCUT2D eigenvalue weighted by Gasteiger charge is -2.39. The van der Waals surface area contributed by atoms with E-state index in [9.17, 15) is 4.79 Å². The first kappa shape index (κ1) is 12.8. The molecule has 0 aromatic rings. The number of nitrogens with two attached hydrogens (primary N) is 1. The van der Waals surface area contributed by atoms with E-state index in [1.807, 2.05) is 6.08 Å². The summed E-state index contributed by atoms with van der Waals surface area (Å²) in [7, 11) is 1.80. The predicted molar refractivity (Wildman–Crippen MR) is 65.7 cm³/mol. The van der Waals surface area contributed by atoms with Gasteiger partial charge in [0.2, 0.25) is 0 Å². The highest BCUT2D eigenvalue weighted by molar-refractivity contribution is 5.81. The summed E-state index contributed by atoms with van der Waals surface area (Å²) in [5.74, 6) is 0.283. The minimum absolute atomic E-state index is 0.00157. The van der Waals surface area contributed by atoms with Crippen molar-refractivity contribution in [1.82, 2.24) is 10.2 Å². The normalized spacial score (nSPS) is 27.9. The van der Waals surface area contributed by atoms with Gasteiger partial charge in [0.15, 0.2) is 0 Å². The number of likely N-dealkylation sites (tertiary alicyclic amines) is 1. The van der Waals surface area contributed by atoms with E-state index in [-0.39, 0.29) is 17.9 Å². The summed E-state index contributed by atoms with van der Waals surface area (Å²) in [5, 5.41) is 2.91. The van der Waals surface area contributed by atoms with Gasteiger partial charge in [0.25, 0.3) is 0 Å². The van der Waals surface area contributed by atoms with E-state index in [2.05, 4.69) is 23.7 Å². The van der Waals surface area contributed by atoms with Crippen molar-refractivity contribution in [3.63, 3.8) is 0 Å². The highest BCUT2D eigenvalue weighted by Gasteiger charge is 2.32. The van der Waals surface area contributed by atoms with Gasteiger partial charge in [-0.3, -0.25) is 9.69 Å². The molecule has 0 saturated carbocycles. The lowest BCUT2D eigenvalue weighted by molar-refractivity contribution is -0.124. The third-order valence-electron chi connectivity index (χ3n) is 2.95. The van der Waals surface area contributed by atoms with Crippen LogP contribution in [-0.4, -0.2) is 36.4 Å². The zero-order valence-electron chi connectivity index (χ0n) is 10.1. The van der Waals surface area contributed by atoms with Crippen molar-refractivity contribution < 1.29 is 4.79 Å². The molecule has 1 fully saturated rings. The van der Waals surface area contributed by atoms with E-state index in [1.54, 1.807) is 13.2 Å². The van der Waals surface area contributed by atoms with E-state index >= 15 is 0 Å². The van der Waals surface area contributed by atoms with Gasteiger partial charge in [-0.1, -0.05) is 6.08 Å². The lowest BCUT2D eigenvalue weighted by Crippen LogP contribution is -2.50.